The van der Waals surface area contributed by atoms with Crippen molar-refractivity contribution in [2.45, 2.75) is 63.2 Å². The number of fused-ring (bicyclic) bond motifs is 5. The summed E-state index contributed by atoms with van der Waals surface area (Å²) in [6, 6.07) is 45.8. The largest absolute Gasteiger partial charge is 0.457 e. The highest BCUT2D eigenvalue weighted by Gasteiger charge is 2.39. The highest BCUT2D eigenvalue weighted by atomic mass is 32.2. The minimum absolute atomic E-state index is 0.00846. The van der Waals surface area contributed by atoms with Crippen molar-refractivity contribution in [3.05, 3.63) is 167 Å². The van der Waals surface area contributed by atoms with Crippen molar-refractivity contribution in [2.75, 3.05) is 4.90 Å². The van der Waals surface area contributed by atoms with E-state index in [4.69, 9.17) is 14.7 Å². The Kier molecular flexibility index (Phi) is 7.48. The molecule has 0 amide bonds. The lowest BCUT2D eigenvalue weighted by atomic mass is 9.73. The summed E-state index contributed by atoms with van der Waals surface area (Å²) in [6.45, 7) is 11.4. The predicted octanol–water partition coefficient (Wildman–Crippen LogP) is 12.1. The van der Waals surface area contributed by atoms with E-state index < -0.39 is 0 Å². The fourth-order valence-corrected chi connectivity index (χ4v) is 9.33. The summed E-state index contributed by atoms with van der Waals surface area (Å²) in [5.74, 6) is 2.48. The molecule has 9 rings (SSSR count). The molecular formula is C46H41N3OS. The zero-order chi connectivity index (χ0) is 34.9. The summed E-state index contributed by atoms with van der Waals surface area (Å²) in [6.07, 6.45) is 2.93. The van der Waals surface area contributed by atoms with Gasteiger partial charge in [0.05, 0.1) is 27.7 Å². The molecule has 2 atom stereocenters. The van der Waals surface area contributed by atoms with Crippen LogP contribution in [0.5, 0.6) is 11.5 Å². The fourth-order valence-electron chi connectivity index (χ4n) is 7.97. The van der Waals surface area contributed by atoms with E-state index in [9.17, 15) is 0 Å². The van der Waals surface area contributed by atoms with Crippen molar-refractivity contribution in [1.29, 1.82) is 0 Å². The summed E-state index contributed by atoms with van der Waals surface area (Å²) in [7, 11) is 0. The van der Waals surface area contributed by atoms with Crippen LogP contribution < -0.4 is 9.64 Å². The van der Waals surface area contributed by atoms with Gasteiger partial charge in [0, 0.05) is 23.2 Å². The minimum atomic E-state index is -0.211. The fraction of sp³-hybridized carbons (Fsp3) is 0.217. The van der Waals surface area contributed by atoms with Crippen LogP contribution in [-0.2, 0) is 17.3 Å². The van der Waals surface area contributed by atoms with Crippen LogP contribution in [0.3, 0.4) is 0 Å². The first kappa shape index (κ1) is 31.8. The number of para-hydroxylation sites is 1. The Hall–Kier alpha value is -5.13. The maximum absolute atomic E-state index is 6.86. The number of benzene rings is 5. The maximum Gasteiger partial charge on any atom is 0.137 e. The van der Waals surface area contributed by atoms with Gasteiger partial charge in [-0.3, -0.25) is 9.89 Å². The van der Waals surface area contributed by atoms with E-state index >= 15 is 0 Å². The van der Waals surface area contributed by atoms with E-state index in [1.54, 1.807) is 0 Å². The second-order valence-corrected chi connectivity index (χ2v) is 16.6. The van der Waals surface area contributed by atoms with E-state index in [0.29, 0.717) is 5.25 Å². The lowest BCUT2D eigenvalue weighted by Gasteiger charge is -2.41. The zero-order valence-electron chi connectivity index (χ0n) is 29.7. The molecule has 0 unspecified atom stereocenters. The van der Waals surface area contributed by atoms with Gasteiger partial charge in [-0.2, -0.15) is 0 Å². The van der Waals surface area contributed by atoms with Crippen molar-refractivity contribution in [2.24, 2.45) is 4.99 Å². The molecule has 1 aromatic heterocycles. The molecule has 0 saturated heterocycles. The summed E-state index contributed by atoms with van der Waals surface area (Å²) in [5, 5.41) is 1.45. The molecule has 3 aliphatic rings. The molecule has 6 aromatic rings. The summed E-state index contributed by atoms with van der Waals surface area (Å²) >= 11 is 1.89. The number of hydrogen-bond donors (Lipinski definition) is 0. The Labute approximate surface area is 305 Å². The lowest BCUT2D eigenvalue weighted by Crippen LogP contribution is -2.31. The molecule has 3 heterocycles. The minimum Gasteiger partial charge on any atom is -0.457 e. The molecule has 252 valence electrons. The Morgan fingerprint density at radius 3 is 2.29 bits per heavy atom. The molecule has 0 saturated carbocycles. The first-order valence-corrected chi connectivity index (χ1v) is 18.7. The van der Waals surface area contributed by atoms with Crippen LogP contribution in [0.25, 0.3) is 11.1 Å². The number of rotatable bonds is 5. The molecule has 51 heavy (non-hydrogen) atoms. The molecule has 0 N–H and O–H groups in total. The first-order valence-electron chi connectivity index (χ1n) is 17.9. The van der Waals surface area contributed by atoms with E-state index in [0.717, 1.165) is 56.8 Å². The van der Waals surface area contributed by atoms with Crippen LogP contribution in [0.15, 0.2) is 139 Å². The SMILES string of the molecule is CC(C)(C)c1ccnc(N2c3ccccc3C(C)(C)c3ccc(Oc4cc(C5=N[C@@H]6Cc7ccccc7[C@@H]6S5)cc(-c5ccccc5)c4)cc32)c1. The second kappa shape index (κ2) is 12.0. The van der Waals surface area contributed by atoms with Gasteiger partial charge in [0.15, 0.2) is 0 Å². The Morgan fingerprint density at radius 2 is 1.45 bits per heavy atom. The van der Waals surface area contributed by atoms with E-state index in [2.05, 4.69) is 167 Å². The average Bonchev–Trinajstić information content (AvgIpc) is 3.71. The molecule has 2 aliphatic heterocycles. The zero-order valence-corrected chi connectivity index (χ0v) is 30.5. The van der Waals surface area contributed by atoms with Gasteiger partial charge >= 0.3 is 0 Å². The topological polar surface area (TPSA) is 37.7 Å². The smallest absolute Gasteiger partial charge is 0.137 e. The van der Waals surface area contributed by atoms with Crippen molar-refractivity contribution in [3.8, 4) is 22.6 Å². The monoisotopic (exact) mass is 683 g/mol. The van der Waals surface area contributed by atoms with Gasteiger partial charge in [-0.15, -0.1) is 0 Å². The van der Waals surface area contributed by atoms with E-state index in [1.165, 1.54) is 27.8 Å². The molecule has 0 bridgehead atoms. The average molecular weight is 684 g/mol. The molecule has 5 heteroatoms. The van der Waals surface area contributed by atoms with Crippen LogP contribution >= 0.6 is 11.8 Å². The maximum atomic E-state index is 6.86. The Balaban J connectivity index is 1.13. The quantitative estimate of drug-likeness (QED) is 0.181. The van der Waals surface area contributed by atoms with Gasteiger partial charge in [0.1, 0.15) is 17.3 Å². The van der Waals surface area contributed by atoms with Gasteiger partial charge in [-0.1, -0.05) is 125 Å². The number of aliphatic imine (C=N–C) groups is 1. The first-order chi connectivity index (χ1) is 24.6. The molecule has 4 nitrogen and oxygen atoms in total. The molecular weight excluding hydrogens is 643 g/mol. The number of anilines is 3. The highest BCUT2D eigenvalue weighted by molar-refractivity contribution is 8.15. The third-order valence-corrected chi connectivity index (χ3v) is 12.1. The third-order valence-electron chi connectivity index (χ3n) is 10.7. The summed E-state index contributed by atoms with van der Waals surface area (Å²) in [4.78, 5) is 12.5. The second-order valence-electron chi connectivity index (χ2n) is 15.5. The summed E-state index contributed by atoms with van der Waals surface area (Å²) in [5.41, 5.74) is 12.0. The van der Waals surface area contributed by atoms with Gasteiger partial charge in [-0.05, 0) is 93.2 Å². The Bertz CT molecular complexity index is 2340. The van der Waals surface area contributed by atoms with Crippen LogP contribution in [-0.4, -0.2) is 16.1 Å². The van der Waals surface area contributed by atoms with E-state index in [1.807, 2.05) is 18.0 Å². The Morgan fingerprint density at radius 1 is 0.706 bits per heavy atom. The van der Waals surface area contributed by atoms with Crippen LogP contribution in [0.1, 0.15) is 73.2 Å². The number of pyridine rings is 1. The lowest BCUT2D eigenvalue weighted by molar-refractivity contribution is 0.482. The van der Waals surface area contributed by atoms with Crippen molar-refractivity contribution < 1.29 is 4.74 Å². The van der Waals surface area contributed by atoms with Gasteiger partial charge in [0.25, 0.3) is 0 Å². The van der Waals surface area contributed by atoms with Crippen molar-refractivity contribution in [3.63, 3.8) is 0 Å². The number of ether oxygens (including phenoxy) is 1. The molecule has 0 radical (unpaired) electrons. The van der Waals surface area contributed by atoms with Gasteiger partial charge in [0.2, 0.25) is 0 Å². The normalized spacial score (nSPS) is 18.4. The van der Waals surface area contributed by atoms with Gasteiger partial charge in [-0.25, -0.2) is 4.98 Å². The number of hydrogen-bond acceptors (Lipinski definition) is 5. The van der Waals surface area contributed by atoms with E-state index in [-0.39, 0.29) is 16.9 Å². The van der Waals surface area contributed by atoms with Crippen LogP contribution in [0.2, 0.25) is 0 Å². The molecule has 0 spiro atoms. The van der Waals surface area contributed by atoms with Crippen molar-refractivity contribution in [1.82, 2.24) is 4.98 Å². The standard InChI is InChI=1S/C46H41N3OS/c1-45(2,3)33-21-22-47-42(27-33)49-40-18-12-11-17-37(40)46(4,5)38-20-19-34(28-41(38)49)50-35-24-31(29-13-7-6-8-14-29)23-32(25-35)44-48-39-26-30-15-9-10-16-36(30)43(39)51-44/h6-25,27-28,39,43H,26H2,1-5H3/t39-,43+/m1/s1. The molecule has 0 fully saturated rings. The third kappa shape index (κ3) is 5.55. The number of aromatic nitrogens is 1. The predicted molar refractivity (Wildman–Crippen MR) is 213 cm³/mol. The number of nitrogens with zero attached hydrogens (tertiary/aromatic N) is 3. The number of thioether (sulfide) groups is 1. The van der Waals surface area contributed by atoms with Crippen LogP contribution in [0.4, 0.5) is 17.2 Å². The molecule has 5 aromatic carbocycles. The molecule has 1 aliphatic carbocycles. The van der Waals surface area contributed by atoms with Crippen LogP contribution in [0, 0.1) is 0 Å². The van der Waals surface area contributed by atoms with Gasteiger partial charge < -0.3 is 4.74 Å². The highest BCUT2D eigenvalue weighted by Crippen LogP contribution is 2.53. The van der Waals surface area contributed by atoms with Crippen molar-refractivity contribution >= 4 is 34.0 Å². The summed E-state index contributed by atoms with van der Waals surface area (Å²) < 4.78 is 6.86.